The Hall–Kier alpha value is -2.84. The van der Waals surface area contributed by atoms with E-state index in [0.29, 0.717) is 36.3 Å². The number of aliphatic hydroxyl groups is 1. The summed E-state index contributed by atoms with van der Waals surface area (Å²) < 4.78 is 39.2. The van der Waals surface area contributed by atoms with Crippen molar-refractivity contribution in [3.63, 3.8) is 0 Å². The highest BCUT2D eigenvalue weighted by molar-refractivity contribution is 5.91. The van der Waals surface area contributed by atoms with E-state index in [4.69, 9.17) is 14.6 Å². The van der Waals surface area contributed by atoms with E-state index in [1.54, 1.807) is 19.2 Å². The fourth-order valence-corrected chi connectivity index (χ4v) is 4.32. The fraction of sp³-hybridized carbons (Fsp3) is 0.440. The Bertz CT molecular complexity index is 1130. The number of ether oxygens (including phenoxy) is 2. The summed E-state index contributed by atoms with van der Waals surface area (Å²) in [6.45, 7) is 3.91. The number of aryl methyl sites for hydroxylation is 1. The lowest BCUT2D eigenvalue weighted by atomic mass is 9.90. The molecule has 6 nitrogen and oxygen atoms in total. The van der Waals surface area contributed by atoms with E-state index in [1.165, 1.54) is 12.1 Å². The van der Waals surface area contributed by atoms with Crippen LogP contribution in [0.25, 0.3) is 10.9 Å². The lowest BCUT2D eigenvalue weighted by Crippen LogP contribution is -2.19. The quantitative estimate of drug-likeness (QED) is 0.514. The number of rotatable bonds is 7. The molecule has 33 heavy (non-hydrogen) atoms. The highest BCUT2D eigenvalue weighted by atomic mass is 19.3. The molecule has 0 radical (unpaired) electrons. The molecule has 0 spiro atoms. The molecule has 3 aromatic rings. The number of hydrogen-bond acceptors (Lipinski definition) is 6. The summed E-state index contributed by atoms with van der Waals surface area (Å²) in [6.07, 6.45) is 1.83. The SMILES string of the molecule is COc1cc2nc(C)nc(N[C@H](C)c3cccc(C(F)(F)CO)c3)c2cc1C1CCOCC1. The molecule has 0 aliphatic carbocycles. The zero-order valence-corrected chi connectivity index (χ0v) is 19.1. The molecule has 0 saturated carbocycles. The Morgan fingerprint density at radius 1 is 1.21 bits per heavy atom. The number of nitrogens with zero attached hydrogens (tertiary/aromatic N) is 2. The Balaban J connectivity index is 1.72. The summed E-state index contributed by atoms with van der Waals surface area (Å²) in [5, 5.41) is 13.3. The molecule has 0 amide bonds. The fourth-order valence-electron chi connectivity index (χ4n) is 4.32. The Morgan fingerprint density at radius 2 is 1.97 bits per heavy atom. The van der Waals surface area contributed by atoms with E-state index < -0.39 is 12.5 Å². The summed E-state index contributed by atoms with van der Waals surface area (Å²) in [4.78, 5) is 9.21. The van der Waals surface area contributed by atoms with Crippen LogP contribution in [0.2, 0.25) is 0 Å². The molecule has 1 aromatic heterocycles. The van der Waals surface area contributed by atoms with Gasteiger partial charge in [0.1, 0.15) is 24.0 Å². The van der Waals surface area contributed by atoms with E-state index >= 15 is 0 Å². The zero-order chi connectivity index (χ0) is 23.6. The summed E-state index contributed by atoms with van der Waals surface area (Å²) in [5.74, 6) is -0.935. The lowest BCUT2D eigenvalue weighted by Gasteiger charge is -2.25. The summed E-state index contributed by atoms with van der Waals surface area (Å²) in [5.41, 5.74) is 2.31. The number of aliphatic hydroxyl groups excluding tert-OH is 1. The third kappa shape index (κ3) is 4.91. The molecule has 2 aromatic carbocycles. The highest BCUT2D eigenvalue weighted by Crippen LogP contribution is 2.38. The van der Waals surface area contributed by atoms with E-state index in [2.05, 4.69) is 21.4 Å². The van der Waals surface area contributed by atoms with Crippen molar-refractivity contribution in [1.82, 2.24) is 9.97 Å². The van der Waals surface area contributed by atoms with Gasteiger partial charge in [-0.15, -0.1) is 0 Å². The van der Waals surface area contributed by atoms with Gasteiger partial charge in [0.25, 0.3) is 5.92 Å². The highest BCUT2D eigenvalue weighted by Gasteiger charge is 2.31. The molecule has 176 valence electrons. The van der Waals surface area contributed by atoms with Crippen molar-refractivity contribution in [1.29, 1.82) is 0 Å². The summed E-state index contributed by atoms with van der Waals surface area (Å²) in [7, 11) is 1.66. The molecule has 8 heteroatoms. The number of aromatic nitrogens is 2. The molecular formula is C25H29F2N3O3. The first kappa shape index (κ1) is 23.3. The van der Waals surface area contributed by atoms with Crippen LogP contribution >= 0.6 is 0 Å². The third-order valence-corrected chi connectivity index (χ3v) is 6.18. The Labute approximate surface area is 192 Å². The van der Waals surface area contributed by atoms with Crippen LogP contribution in [0.3, 0.4) is 0 Å². The minimum absolute atomic E-state index is 0.216. The lowest BCUT2D eigenvalue weighted by molar-refractivity contribution is -0.0556. The molecule has 1 atom stereocenters. The molecule has 4 rings (SSSR count). The Kier molecular flexibility index (Phi) is 6.76. The van der Waals surface area contributed by atoms with Gasteiger partial charge in [0, 0.05) is 36.3 Å². The van der Waals surface area contributed by atoms with Crippen LogP contribution in [-0.2, 0) is 10.7 Å². The normalized spacial score (nSPS) is 16.1. The molecule has 0 unspecified atom stereocenters. The maximum absolute atomic E-state index is 14.0. The zero-order valence-electron chi connectivity index (χ0n) is 19.1. The first-order valence-corrected chi connectivity index (χ1v) is 11.1. The van der Waals surface area contributed by atoms with Crippen molar-refractivity contribution in [2.75, 3.05) is 32.2 Å². The molecular weight excluding hydrogens is 428 g/mol. The van der Waals surface area contributed by atoms with E-state index in [-0.39, 0.29) is 11.6 Å². The largest absolute Gasteiger partial charge is 0.496 e. The van der Waals surface area contributed by atoms with Gasteiger partial charge in [0.2, 0.25) is 0 Å². The number of hydrogen-bond donors (Lipinski definition) is 2. The van der Waals surface area contributed by atoms with Crippen LogP contribution in [0.15, 0.2) is 36.4 Å². The van der Waals surface area contributed by atoms with Gasteiger partial charge in [0.05, 0.1) is 12.6 Å². The number of benzene rings is 2. The van der Waals surface area contributed by atoms with Crippen LogP contribution in [0, 0.1) is 6.92 Å². The smallest absolute Gasteiger partial charge is 0.295 e. The van der Waals surface area contributed by atoms with Gasteiger partial charge in [-0.25, -0.2) is 9.97 Å². The standard InChI is InChI=1S/C25H29F2N3O3/c1-15(18-5-4-6-19(11-18)25(26,27)14-31)28-24-21-12-20(17-7-9-33-10-8-17)23(32-3)13-22(21)29-16(2)30-24/h4-6,11-13,15,17,31H,7-10,14H2,1-3H3,(H,28,29,30)/t15-/m1/s1. The third-order valence-electron chi connectivity index (χ3n) is 6.18. The van der Waals surface area contributed by atoms with Crippen molar-refractivity contribution in [2.24, 2.45) is 0 Å². The number of halogens is 2. The van der Waals surface area contributed by atoms with Gasteiger partial charge in [-0.05, 0) is 55.9 Å². The van der Waals surface area contributed by atoms with E-state index in [9.17, 15) is 8.78 Å². The average Bonchev–Trinajstić information content (AvgIpc) is 2.83. The number of fused-ring (bicyclic) bond motifs is 1. The molecule has 2 N–H and O–H groups in total. The van der Waals surface area contributed by atoms with Gasteiger partial charge < -0.3 is 19.9 Å². The van der Waals surface area contributed by atoms with Gasteiger partial charge in [0.15, 0.2) is 0 Å². The monoisotopic (exact) mass is 457 g/mol. The van der Waals surface area contributed by atoms with Crippen LogP contribution in [0.4, 0.5) is 14.6 Å². The molecule has 1 aliphatic heterocycles. The number of nitrogens with one attached hydrogen (secondary N) is 1. The first-order chi connectivity index (χ1) is 15.8. The van der Waals surface area contributed by atoms with Gasteiger partial charge in [-0.3, -0.25) is 0 Å². The van der Waals surface area contributed by atoms with Crippen molar-refractivity contribution in [3.05, 3.63) is 58.9 Å². The number of anilines is 1. The minimum atomic E-state index is -3.29. The second-order valence-corrected chi connectivity index (χ2v) is 8.47. The molecule has 1 aliphatic rings. The second kappa shape index (κ2) is 9.57. The topological polar surface area (TPSA) is 76.5 Å². The molecule has 1 fully saturated rings. The van der Waals surface area contributed by atoms with Crippen molar-refractivity contribution < 1.29 is 23.4 Å². The van der Waals surface area contributed by atoms with Crippen molar-refractivity contribution in [2.45, 2.75) is 44.6 Å². The van der Waals surface area contributed by atoms with E-state index in [1.807, 2.05) is 19.9 Å². The van der Waals surface area contributed by atoms with Crippen LogP contribution in [0.1, 0.15) is 54.2 Å². The number of methoxy groups -OCH3 is 1. The predicted octanol–water partition coefficient (Wildman–Crippen LogP) is 5.10. The van der Waals surface area contributed by atoms with Gasteiger partial charge in [-0.2, -0.15) is 8.78 Å². The summed E-state index contributed by atoms with van der Waals surface area (Å²) in [6, 6.07) is 9.81. The van der Waals surface area contributed by atoms with Crippen LogP contribution in [0.5, 0.6) is 5.75 Å². The van der Waals surface area contributed by atoms with Gasteiger partial charge >= 0.3 is 0 Å². The van der Waals surface area contributed by atoms with Crippen LogP contribution < -0.4 is 10.1 Å². The second-order valence-electron chi connectivity index (χ2n) is 8.47. The maximum atomic E-state index is 14.0. The van der Waals surface area contributed by atoms with Crippen molar-refractivity contribution >= 4 is 16.7 Å². The van der Waals surface area contributed by atoms with E-state index in [0.717, 1.165) is 35.1 Å². The Morgan fingerprint density at radius 3 is 2.67 bits per heavy atom. The maximum Gasteiger partial charge on any atom is 0.295 e. The van der Waals surface area contributed by atoms with Crippen molar-refractivity contribution in [3.8, 4) is 5.75 Å². The molecule has 1 saturated heterocycles. The van der Waals surface area contributed by atoms with Crippen LogP contribution in [-0.4, -0.2) is 42.0 Å². The van der Waals surface area contributed by atoms with Gasteiger partial charge in [-0.1, -0.05) is 18.2 Å². The average molecular weight is 458 g/mol. The number of alkyl halides is 2. The minimum Gasteiger partial charge on any atom is -0.496 e. The molecule has 0 bridgehead atoms. The molecule has 2 heterocycles. The summed E-state index contributed by atoms with van der Waals surface area (Å²) >= 11 is 0. The predicted molar refractivity (Wildman–Crippen MR) is 123 cm³/mol. The first-order valence-electron chi connectivity index (χ1n) is 11.1.